The Kier molecular flexibility index (Phi) is 5.27. The summed E-state index contributed by atoms with van der Waals surface area (Å²) in [6.45, 7) is 6.14. The summed E-state index contributed by atoms with van der Waals surface area (Å²) in [7, 11) is 0. The monoisotopic (exact) mass is 320 g/mol. The first-order valence-corrected chi connectivity index (χ1v) is 9.78. The van der Waals surface area contributed by atoms with Gasteiger partial charge in [-0.3, -0.25) is 9.59 Å². The van der Waals surface area contributed by atoms with Gasteiger partial charge in [0.1, 0.15) is 0 Å². The minimum atomic E-state index is -0.0194. The van der Waals surface area contributed by atoms with Crippen LogP contribution >= 0.6 is 0 Å². The SMILES string of the molecule is CCC1CCCCN1C(=O)C1CC1C(=O)N1CCCCC1CC. The fraction of sp³-hybridized carbons (Fsp3) is 0.895. The van der Waals surface area contributed by atoms with Crippen LogP contribution < -0.4 is 0 Å². The van der Waals surface area contributed by atoms with E-state index < -0.39 is 0 Å². The molecular formula is C19H32N2O2. The highest BCUT2D eigenvalue weighted by Gasteiger charge is 2.52. The van der Waals surface area contributed by atoms with Gasteiger partial charge in [0.05, 0.1) is 11.8 Å². The lowest BCUT2D eigenvalue weighted by atomic mass is 9.98. The normalized spacial score (nSPS) is 34.3. The average Bonchev–Trinajstić information content (AvgIpc) is 3.41. The molecule has 1 saturated carbocycles. The Morgan fingerprint density at radius 3 is 1.61 bits per heavy atom. The summed E-state index contributed by atoms with van der Waals surface area (Å²) in [6.07, 6.45) is 9.87. The number of nitrogens with zero attached hydrogens (tertiary/aromatic N) is 2. The second kappa shape index (κ2) is 7.23. The molecule has 4 atom stereocenters. The Morgan fingerprint density at radius 2 is 1.22 bits per heavy atom. The van der Waals surface area contributed by atoms with Crippen LogP contribution in [-0.2, 0) is 9.59 Å². The van der Waals surface area contributed by atoms with Crippen LogP contribution in [0.2, 0.25) is 0 Å². The van der Waals surface area contributed by atoms with Gasteiger partial charge >= 0.3 is 0 Å². The van der Waals surface area contributed by atoms with Crippen LogP contribution in [0, 0.1) is 11.8 Å². The molecule has 2 amide bonds. The summed E-state index contributed by atoms with van der Waals surface area (Å²) in [6, 6.07) is 0.817. The van der Waals surface area contributed by atoms with Crippen molar-refractivity contribution in [3.63, 3.8) is 0 Å². The van der Waals surface area contributed by atoms with Gasteiger partial charge in [-0.1, -0.05) is 13.8 Å². The summed E-state index contributed by atoms with van der Waals surface area (Å²) in [4.78, 5) is 29.9. The zero-order valence-corrected chi connectivity index (χ0v) is 14.8. The summed E-state index contributed by atoms with van der Waals surface area (Å²) < 4.78 is 0. The predicted octanol–water partition coefficient (Wildman–Crippen LogP) is 3.20. The van der Waals surface area contributed by atoms with Gasteiger partial charge in [0.2, 0.25) is 11.8 Å². The summed E-state index contributed by atoms with van der Waals surface area (Å²) in [5.41, 5.74) is 0. The van der Waals surface area contributed by atoms with Gasteiger partial charge in [0, 0.05) is 25.2 Å². The molecule has 4 unspecified atom stereocenters. The van der Waals surface area contributed by atoms with Crippen molar-refractivity contribution in [3.8, 4) is 0 Å². The molecule has 4 heteroatoms. The van der Waals surface area contributed by atoms with Gasteiger partial charge < -0.3 is 9.80 Å². The van der Waals surface area contributed by atoms with E-state index in [1.165, 1.54) is 12.8 Å². The molecule has 0 radical (unpaired) electrons. The average molecular weight is 320 g/mol. The Balaban J connectivity index is 1.59. The molecule has 0 aromatic carbocycles. The fourth-order valence-electron chi connectivity index (χ4n) is 4.60. The molecule has 3 aliphatic rings. The Labute approximate surface area is 140 Å². The molecule has 4 nitrogen and oxygen atoms in total. The number of amides is 2. The largest absolute Gasteiger partial charge is 0.339 e. The highest BCUT2D eigenvalue weighted by atomic mass is 16.2. The number of carbonyl (C=O) groups is 2. The summed E-state index contributed by atoms with van der Waals surface area (Å²) in [5.74, 6) is 0.489. The van der Waals surface area contributed by atoms with Crippen LogP contribution in [0.1, 0.15) is 71.6 Å². The maximum atomic E-state index is 12.8. The van der Waals surface area contributed by atoms with E-state index in [-0.39, 0.29) is 23.7 Å². The summed E-state index contributed by atoms with van der Waals surface area (Å²) >= 11 is 0. The van der Waals surface area contributed by atoms with Crippen molar-refractivity contribution in [1.29, 1.82) is 0 Å². The van der Waals surface area contributed by atoms with Gasteiger partial charge in [0.15, 0.2) is 0 Å². The van der Waals surface area contributed by atoms with Gasteiger partial charge in [-0.05, 0) is 57.8 Å². The van der Waals surface area contributed by atoms with Gasteiger partial charge in [-0.2, -0.15) is 0 Å². The molecule has 2 heterocycles. The second-order valence-electron chi connectivity index (χ2n) is 7.63. The predicted molar refractivity (Wildman–Crippen MR) is 90.9 cm³/mol. The zero-order valence-electron chi connectivity index (χ0n) is 14.8. The fourth-order valence-corrected chi connectivity index (χ4v) is 4.60. The van der Waals surface area contributed by atoms with Crippen LogP contribution in [0.5, 0.6) is 0 Å². The molecule has 0 spiro atoms. The number of hydrogen-bond donors (Lipinski definition) is 0. The van der Waals surface area contributed by atoms with Crippen molar-refractivity contribution < 1.29 is 9.59 Å². The standard InChI is InChI=1S/C19H32N2O2/c1-3-14-9-5-7-11-20(14)18(22)16-13-17(16)19(23)21-12-8-6-10-15(21)4-2/h14-17H,3-13H2,1-2H3. The van der Waals surface area contributed by atoms with Crippen LogP contribution in [0.15, 0.2) is 0 Å². The van der Waals surface area contributed by atoms with Crippen LogP contribution in [0.3, 0.4) is 0 Å². The van der Waals surface area contributed by atoms with E-state index in [1.807, 2.05) is 0 Å². The highest BCUT2D eigenvalue weighted by molar-refractivity contribution is 5.92. The number of hydrogen-bond acceptors (Lipinski definition) is 2. The molecule has 1 aliphatic carbocycles. The van der Waals surface area contributed by atoms with Gasteiger partial charge in [-0.15, -0.1) is 0 Å². The number of carbonyl (C=O) groups excluding carboxylic acids is 2. The van der Waals surface area contributed by atoms with Gasteiger partial charge in [-0.25, -0.2) is 0 Å². The lowest BCUT2D eigenvalue weighted by molar-refractivity contribution is -0.142. The van der Waals surface area contributed by atoms with E-state index in [0.717, 1.165) is 58.0 Å². The van der Waals surface area contributed by atoms with E-state index in [1.54, 1.807) is 0 Å². The van der Waals surface area contributed by atoms with Crippen molar-refractivity contribution in [2.24, 2.45) is 11.8 Å². The van der Waals surface area contributed by atoms with E-state index >= 15 is 0 Å². The van der Waals surface area contributed by atoms with Crippen molar-refractivity contribution in [2.45, 2.75) is 83.7 Å². The molecular weight excluding hydrogens is 288 g/mol. The molecule has 0 N–H and O–H groups in total. The summed E-state index contributed by atoms with van der Waals surface area (Å²) in [5, 5.41) is 0. The van der Waals surface area contributed by atoms with Gasteiger partial charge in [0.25, 0.3) is 0 Å². The number of likely N-dealkylation sites (tertiary alicyclic amines) is 2. The Morgan fingerprint density at radius 1 is 0.783 bits per heavy atom. The van der Waals surface area contributed by atoms with Crippen molar-refractivity contribution in [2.75, 3.05) is 13.1 Å². The third kappa shape index (κ3) is 3.41. The quantitative estimate of drug-likeness (QED) is 0.798. The van der Waals surface area contributed by atoms with E-state index in [2.05, 4.69) is 23.6 Å². The first kappa shape index (κ1) is 16.8. The molecule has 23 heavy (non-hydrogen) atoms. The topological polar surface area (TPSA) is 40.6 Å². The first-order valence-electron chi connectivity index (χ1n) is 9.78. The molecule has 2 saturated heterocycles. The number of piperidine rings is 2. The molecule has 0 bridgehead atoms. The Bertz CT molecular complexity index is 411. The zero-order chi connectivity index (χ0) is 16.4. The van der Waals surface area contributed by atoms with Crippen molar-refractivity contribution >= 4 is 11.8 Å². The van der Waals surface area contributed by atoms with Crippen molar-refractivity contribution in [1.82, 2.24) is 9.80 Å². The van der Waals surface area contributed by atoms with Crippen LogP contribution in [0.4, 0.5) is 0 Å². The van der Waals surface area contributed by atoms with E-state index in [4.69, 9.17) is 0 Å². The third-order valence-electron chi connectivity index (χ3n) is 6.19. The molecule has 2 aliphatic heterocycles. The lowest BCUT2D eigenvalue weighted by Gasteiger charge is -2.36. The minimum Gasteiger partial charge on any atom is -0.339 e. The maximum Gasteiger partial charge on any atom is 0.226 e. The lowest BCUT2D eigenvalue weighted by Crippen LogP contribution is -2.46. The van der Waals surface area contributed by atoms with Crippen molar-refractivity contribution in [3.05, 3.63) is 0 Å². The first-order chi connectivity index (χ1) is 11.2. The highest BCUT2D eigenvalue weighted by Crippen LogP contribution is 2.43. The Hall–Kier alpha value is -1.06. The molecule has 3 fully saturated rings. The molecule has 0 aromatic heterocycles. The minimum absolute atomic E-state index is 0.0194. The van der Waals surface area contributed by atoms with E-state index in [0.29, 0.717) is 12.1 Å². The molecule has 3 rings (SSSR count). The molecule has 130 valence electrons. The maximum absolute atomic E-state index is 12.8. The number of rotatable bonds is 4. The molecule has 0 aromatic rings. The smallest absolute Gasteiger partial charge is 0.226 e. The van der Waals surface area contributed by atoms with Crippen LogP contribution in [-0.4, -0.2) is 46.8 Å². The van der Waals surface area contributed by atoms with E-state index in [9.17, 15) is 9.59 Å². The second-order valence-corrected chi connectivity index (χ2v) is 7.63. The van der Waals surface area contributed by atoms with Crippen LogP contribution in [0.25, 0.3) is 0 Å². The third-order valence-corrected chi connectivity index (χ3v) is 6.19.